The van der Waals surface area contributed by atoms with Gasteiger partial charge in [-0.1, -0.05) is 46.2 Å². The number of hydrogen-bond acceptors (Lipinski definition) is 7. The molecule has 11 heteroatoms. The fraction of sp³-hybridized carbons (Fsp3) is 0.690. The van der Waals surface area contributed by atoms with Gasteiger partial charge in [-0.25, -0.2) is 14.6 Å². The van der Waals surface area contributed by atoms with Crippen molar-refractivity contribution in [1.29, 1.82) is 0 Å². The summed E-state index contributed by atoms with van der Waals surface area (Å²) in [5, 5.41) is 17.7. The summed E-state index contributed by atoms with van der Waals surface area (Å²) in [7, 11) is -2.37. The minimum absolute atomic E-state index is 0.0615. The molecule has 40 heavy (non-hydrogen) atoms. The van der Waals surface area contributed by atoms with Crippen LogP contribution in [0.1, 0.15) is 24.6 Å². The molecule has 0 bridgehead atoms. The second-order valence-electron chi connectivity index (χ2n) is 14.5. The average Bonchev–Trinajstić information content (AvgIpc) is 3.23. The fourth-order valence-electron chi connectivity index (χ4n) is 5.58. The normalized spacial score (nSPS) is 20.6. The van der Waals surface area contributed by atoms with Gasteiger partial charge in [0.1, 0.15) is 19.2 Å². The Kier molecular flexibility index (Phi) is 8.33. The van der Waals surface area contributed by atoms with Crippen molar-refractivity contribution in [2.24, 2.45) is 11.3 Å². The number of aromatic nitrogens is 5. The van der Waals surface area contributed by atoms with Gasteiger partial charge in [-0.3, -0.25) is 4.57 Å². The van der Waals surface area contributed by atoms with E-state index >= 15 is 0 Å². The molecule has 1 saturated carbocycles. The maximum absolute atomic E-state index is 9.30. The molecule has 1 fully saturated rings. The van der Waals surface area contributed by atoms with Crippen molar-refractivity contribution in [2.75, 3.05) is 31.7 Å². The van der Waals surface area contributed by atoms with Gasteiger partial charge in [0.25, 0.3) is 0 Å². The van der Waals surface area contributed by atoms with E-state index in [1.54, 1.807) is 6.20 Å². The zero-order valence-electron chi connectivity index (χ0n) is 25.5. The summed E-state index contributed by atoms with van der Waals surface area (Å²) in [6, 6.07) is 4.30. The Morgan fingerprint density at radius 2 is 1.77 bits per heavy atom. The second kappa shape index (κ2) is 11.3. The van der Waals surface area contributed by atoms with Crippen LogP contribution >= 0.6 is 0 Å². The van der Waals surface area contributed by atoms with E-state index in [1.165, 1.54) is 17.7 Å². The van der Waals surface area contributed by atoms with Crippen LogP contribution in [0.2, 0.25) is 51.4 Å². The number of anilines is 1. The molecule has 0 amide bonds. The lowest BCUT2D eigenvalue weighted by Crippen LogP contribution is -2.23. The van der Waals surface area contributed by atoms with Crippen LogP contribution in [0.15, 0.2) is 12.3 Å². The molecule has 2 N–H and O–H groups in total. The van der Waals surface area contributed by atoms with Gasteiger partial charge >= 0.3 is 0 Å². The molecule has 9 nitrogen and oxygen atoms in total. The van der Waals surface area contributed by atoms with Crippen LogP contribution in [0.25, 0.3) is 22.7 Å². The summed E-state index contributed by atoms with van der Waals surface area (Å²) in [5.41, 5.74) is 6.38. The Bertz CT molecular complexity index is 1340. The number of imidazole rings is 1. The van der Waals surface area contributed by atoms with Gasteiger partial charge in [-0.2, -0.15) is 5.10 Å². The predicted octanol–water partition coefficient (Wildman–Crippen LogP) is 5.45. The van der Waals surface area contributed by atoms with E-state index in [0.29, 0.717) is 37.0 Å². The van der Waals surface area contributed by atoms with E-state index in [4.69, 9.17) is 19.6 Å². The highest BCUT2D eigenvalue weighted by molar-refractivity contribution is 6.76. The van der Waals surface area contributed by atoms with E-state index in [9.17, 15) is 5.11 Å². The van der Waals surface area contributed by atoms with Gasteiger partial charge < -0.3 is 19.9 Å². The van der Waals surface area contributed by atoms with Gasteiger partial charge in [0.05, 0.1) is 24.0 Å². The van der Waals surface area contributed by atoms with Gasteiger partial charge in [0, 0.05) is 47.2 Å². The molecule has 0 aromatic carbocycles. The third-order valence-electron chi connectivity index (χ3n) is 8.41. The number of fused-ring (bicyclic) bond motifs is 3. The summed E-state index contributed by atoms with van der Waals surface area (Å²) in [6.45, 7) is 19.6. The van der Waals surface area contributed by atoms with E-state index in [-0.39, 0.29) is 6.61 Å². The first-order chi connectivity index (χ1) is 18.9. The first-order valence-corrected chi connectivity index (χ1v) is 22.2. The van der Waals surface area contributed by atoms with Crippen LogP contribution in [0.3, 0.4) is 0 Å². The van der Waals surface area contributed by atoms with Crippen molar-refractivity contribution in [3.8, 4) is 11.5 Å². The number of ether oxygens (including phenoxy) is 2. The summed E-state index contributed by atoms with van der Waals surface area (Å²) in [4.78, 5) is 9.70. The van der Waals surface area contributed by atoms with Gasteiger partial charge in [-0.15, -0.1) is 0 Å². The van der Waals surface area contributed by atoms with Crippen molar-refractivity contribution < 1.29 is 14.6 Å². The molecular weight excluding hydrogens is 537 g/mol. The molecule has 3 aromatic rings. The minimum Gasteiger partial charge on any atom is -0.395 e. The van der Waals surface area contributed by atoms with Crippen LogP contribution in [0.4, 0.5) is 5.69 Å². The Labute approximate surface area is 240 Å². The molecule has 0 saturated heterocycles. The quantitative estimate of drug-likeness (QED) is 0.192. The first kappa shape index (κ1) is 29.4. The van der Waals surface area contributed by atoms with Crippen molar-refractivity contribution >= 4 is 33.0 Å². The van der Waals surface area contributed by atoms with Crippen LogP contribution in [0, 0.1) is 11.3 Å². The van der Waals surface area contributed by atoms with E-state index in [0.717, 1.165) is 60.9 Å². The fourth-order valence-corrected chi connectivity index (χ4v) is 7.09. The lowest BCUT2D eigenvalue weighted by molar-refractivity contribution is 0.0756. The maximum Gasteiger partial charge on any atom is 0.178 e. The number of nitrogens with one attached hydrogen (secondary N) is 1. The number of aliphatic hydroxyl groups excluding tert-OH is 1. The maximum atomic E-state index is 9.30. The topological polar surface area (TPSA) is 99.3 Å². The van der Waals surface area contributed by atoms with Crippen LogP contribution in [0.5, 0.6) is 0 Å². The van der Waals surface area contributed by atoms with Gasteiger partial charge in [-0.05, 0) is 48.7 Å². The van der Waals surface area contributed by atoms with E-state index in [1.807, 2.05) is 0 Å². The molecule has 2 aliphatic carbocycles. The largest absolute Gasteiger partial charge is 0.395 e. The van der Waals surface area contributed by atoms with Crippen LogP contribution < -0.4 is 5.32 Å². The Morgan fingerprint density at radius 3 is 2.45 bits per heavy atom. The monoisotopic (exact) mass is 584 g/mol. The second-order valence-corrected chi connectivity index (χ2v) is 25.7. The molecular formula is C29H48N6O3Si2. The SMILES string of the molecule is C[C@@]12Cc3c(c(-c4nc5ncc(NCCO)cc5n4COCC[Si](C)(C)C)nn3COCC[Si](C)(C)C)C[C@@H]1C2. The standard InChI is InChI=1S/C29H48N6O3Si2/c1-29-16-21(29)14-23-25(17-29)35(20-38-11-13-40(5,6)7)33-26(23)28-32-27-24(15-22(18-31-27)30-8-9-36)34(28)19-37-10-12-39(2,3)4/h15,18,21,30,36H,8-14,16-17,19-20H2,1-7H3/t21-,29-/m1/s1. The summed E-state index contributed by atoms with van der Waals surface area (Å²) in [5.74, 6) is 1.53. The van der Waals surface area contributed by atoms with Crippen molar-refractivity contribution in [1.82, 2.24) is 24.3 Å². The highest BCUT2D eigenvalue weighted by atomic mass is 28.3. The van der Waals surface area contributed by atoms with Crippen LogP contribution in [-0.2, 0) is 35.8 Å². The lowest BCUT2D eigenvalue weighted by atomic mass is 9.87. The van der Waals surface area contributed by atoms with Crippen molar-refractivity contribution in [3.63, 3.8) is 0 Å². The Hall–Kier alpha value is -2.06. The number of hydrogen-bond donors (Lipinski definition) is 2. The van der Waals surface area contributed by atoms with Crippen molar-refractivity contribution in [2.45, 2.75) is 91.0 Å². The zero-order chi connectivity index (χ0) is 28.7. The highest BCUT2D eigenvalue weighted by Gasteiger charge is 2.54. The summed E-state index contributed by atoms with van der Waals surface area (Å²) < 4.78 is 16.7. The number of pyridine rings is 1. The molecule has 2 aliphatic rings. The third kappa shape index (κ3) is 6.70. The molecule has 220 valence electrons. The molecule has 0 aliphatic heterocycles. The Morgan fingerprint density at radius 1 is 1.07 bits per heavy atom. The number of aliphatic hydroxyl groups is 1. The van der Waals surface area contributed by atoms with E-state index < -0.39 is 16.1 Å². The number of nitrogens with zero attached hydrogens (tertiary/aromatic N) is 5. The highest BCUT2D eigenvalue weighted by Crippen LogP contribution is 2.60. The zero-order valence-corrected chi connectivity index (χ0v) is 27.5. The van der Waals surface area contributed by atoms with Gasteiger partial charge in [0.15, 0.2) is 11.5 Å². The molecule has 0 unspecified atom stereocenters. The average molecular weight is 585 g/mol. The molecule has 0 spiro atoms. The molecule has 2 atom stereocenters. The van der Waals surface area contributed by atoms with Crippen LogP contribution in [-0.4, -0.2) is 71.9 Å². The molecule has 3 aromatic heterocycles. The summed E-state index contributed by atoms with van der Waals surface area (Å²) >= 11 is 0. The first-order valence-electron chi connectivity index (χ1n) is 14.8. The third-order valence-corrected chi connectivity index (χ3v) is 11.8. The molecule has 0 radical (unpaired) electrons. The van der Waals surface area contributed by atoms with Gasteiger partial charge in [0.2, 0.25) is 0 Å². The molecule has 5 rings (SSSR count). The molecule has 3 heterocycles. The predicted molar refractivity (Wildman–Crippen MR) is 166 cm³/mol. The Balaban J connectivity index is 1.50. The van der Waals surface area contributed by atoms with Crippen molar-refractivity contribution in [3.05, 3.63) is 23.5 Å². The van der Waals surface area contributed by atoms with E-state index in [2.05, 4.69) is 71.8 Å². The minimum atomic E-state index is -1.21. The summed E-state index contributed by atoms with van der Waals surface area (Å²) in [6.07, 6.45) is 5.13. The lowest BCUT2D eigenvalue weighted by Gasteiger charge is -2.20. The smallest absolute Gasteiger partial charge is 0.178 e. The number of rotatable bonds is 14.